The molecule has 1 fully saturated rings. The smallest absolute Gasteiger partial charge is 0.255 e. The molecule has 6 nitrogen and oxygen atoms in total. The first-order chi connectivity index (χ1) is 13.1. The van der Waals surface area contributed by atoms with Gasteiger partial charge in [-0.2, -0.15) is 4.98 Å². The zero-order valence-electron chi connectivity index (χ0n) is 15.8. The molecule has 1 heterocycles. The summed E-state index contributed by atoms with van der Waals surface area (Å²) in [4.78, 5) is 17.2. The van der Waals surface area contributed by atoms with Crippen molar-refractivity contribution in [1.82, 2.24) is 10.3 Å². The second-order valence-corrected chi connectivity index (χ2v) is 8.06. The first-order valence-corrected chi connectivity index (χ1v) is 10.3. The topological polar surface area (TPSA) is 83.5 Å². The van der Waals surface area contributed by atoms with E-state index in [1.165, 1.54) is 50.6 Å². The molecule has 0 aliphatic heterocycles. The molecular formula is C20H27N3O3S. The number of thiazole rings is 1. The van der Waals surface area contributed by atoms with E-state index >= 15 is 0 Å². The lowest BCUT2D eigenvalue weighted by atomic mass is 9.85. The molecule has 1 saturated carbocycles. The standard InChI is InChI=1S/C20H27N3O3S/c1-13(14-8-4-3-5-9-14)22-20-23-19(25)17(27-20)12-21-18(24)15-10-6-7-11-16(15)26-2/h6-7,10-11,13-14,25H,3-5,8-9,12H2,1-2H3,(H,21,24)(H,22,23)/t13-/m0/s1. The van der Waals surface area contributed by atoms with Crippen LogP contribution in [0.4, 0.5) is 5.13 Å². The summed E-state index contributed by atoms with van der Waals surface area (Å²) < 4.78 is 5.22. The van der Waals surface area contributed by atoms with Gasteiger partial charge in [0.1, 0.15) is 5.75 Å². The van der Waals surface area contributed by atoms with Crippen LogP contribution < -0.4 is 15.4 Å². The summed E-state index contributed by atoms with van der Waals surface area (Å²) in [7, 11) is 1.53. The van der Waals surface area contributed by atoms with Gasteiger partial charge < -0.3 is 20.5 Å². The van der Waals surface area contributed by atoms with Crippen LogP contribution in [-0.4, -0.2) is 29.1 Å². The molecule has 1 aliphatic carbocycles. The van der Waals surface area contributed by atoms with Crippen LogP contribution in [-0.2, 0) is 6.54 Å². The number of carbonyl (C=O) groups excluding carboxylic acids is 1. The van der Waals surface area contributed by atoms with Gasteiger partial charge in [-0.05, 0) is 37.8 Å². The van der Waals surface area contributed by atoms with E-state index in [0.717, 1.165) is 0 Å². The molecule has 1 aromatic heterocycles. The maximum absolute atomic E-state index is 12.4. The molecule has 0 bridgehead atoms. The van der Waals surface area contributed by atoms with Crippen LogP contribution in [0.15, 0.2) is 24.3 Å². The number of hydrogen-bond donors (Lipinski definition) is 3. The number of anilines is 1. The molecule has 2 aromatic rings. The van der Waals surface area contributed by atoms with Crippen molar-refractivity contribution in [2.45, 2.75) is 51.6 Å². The fraction of sp³-hybridized carbons (Fsp3) is 0.500. The zero-order valence-corrected chi connectivity index (χ0v) is 16.6. The van der Waals surface area contributed by atoms with Gasteiger partial charge in [-0.3, -0.25) is 4.79 Å². The highest BCUT2D eigenvalue weighted by atomic mass is 32.1. The number of aromatic hydroxyl groups is 1. The number of carbonyl (C=O) groups is 1. The number of benzene rings is 1. The molecule has 0 saturated heterocycles. The van der Waals surface area contributed by atoms with E-state index in [1.807, 2.05) is 6.07 Å². The summed E-state index contributed by atoms with van der Waals surface area (Å²) in [5, 5.41) is 17.1. The van der Waals surface area contributed by atoms with E-state index in [0.29, 0.717) is 33.3 Å². The maximum Gasteiger partial charge on any atom is 0.255 e. The molecule has 1 atom stereocenters. The minimum Gasteiger partial charge on any atom is -0.496 e. The second-order valence-electron chi connectivity index (χ2n) is 6.98. The third-order valence-corrected chi connectivity index (χ3v) is 6.12. The summed E-state index contributed by atoms with van der Waals surface area (Å²) in [6.45, 7) is 2.40. The van der Waals surface area contributed by atoms with Crippen molar-refractivity contribution in [2.24, 2.45) is 5.92 Å². The average Bonchev–Trinajstić information content (AvgIpc) is 3.05. The predicted octanol–water partition coefficient (Wildman–Crippen LogP) is 4.17. The van der Waals surface area contributed by atoms with Gasteiger partial charge in [0.15, 0.2) is 5.13 Å². The SMILES string of the molecule is COc1ccccc1C(=O)NCc1sc(N[C@@H](C)C2CCCCC2)nc1O. The number of hydrogen-bond acceptors (Lipinski definition) is 6. The molecule has 0 spiro atoms. The van der Waals surface area contributed by atoms with E-state index in [-0.39, 0.29) is 18.3 Å². The molecule has 7 heteroatoms. The summed E-state index contributed by atoms with van der Waals surface area (Å²) in [6.07, 6.45) is 6.40. The van der Waals surface area contributed by atoms with Crippen LogP contribution >= 0.6 is 11.3 Å². The minimum absolute atomic E-state index is 0.0290. The number of ether oxygens (including phenoxy) is 1. The van der Waals surface area contributed by atoms with Gasteiger partial charge in [0, 0.05) is 6.04 Å². The Labute approximate surface area is 164 Å². The van der Waals surface area contributed by atoms with Gasteiger partial charge in [0.2, 0.25) is 5.88 Å². The first kappa shape index (κ1) is 19.5. The lowest BCUT2D eigenvalue weighted by Gasteiger charge is -2.28. The van der Waals surface area contributed by atoms with Gasteiger partial charge in [0.25, 0.3) is 5.91 Å². The normalized spacial score (nSPS) is 15.9. The van der Waals surface area contributed by atoms with Crippen molar-refractivity contribution in [1.29, 1.82) is 0 Å². The molecule has 1 aliphatic rings. The zero-order chi connectivity index (χ0) is 19.2. The number of amides is 1. The summed E-state index contributed by atoms with van der Waals surface area (Å²) in [6, 6.07) is 7.38. The Kier molecular flexibility index (Phi) is 6.55. The maximum atomic E-state index is 12.4. The van der Waals surface area contributed by atoms with Crippen LogP contribution in [0.25, 0.3) is 0 Å². The molecule has 27 heavy (non-hydrogen) atoms. The summed E-state index contributed by atoms with van der Waals surface area (Å²) >= 11 is 1.38. The first-order valence-electron chi connectivity index (χ1n) is 9.45. The number of rotatable bonds is 7. The van der Waals surface area contributed by atoms with Crippen LogP contribution in [0, 0.1) is 5.92 Å². The quantitative estimate of drug-likeness (QED) is 0.662. The molecule has 0 unspecified atom stereocenters. The number of aromatic nitrogens is 1. The Morgan fingerprint density at radius 3 is 2.81 bits per heavy atom. The number of nitrogens with one attached hydrogen (secondary N) is 2. The van der Waals surface area contributed by atoms with Crippen LogP contribution in [0.3, 0.4) is 0 Å². The highest BCUT2D eigenvalue weighted by Crippen LogP contribution is 2.32. The van der Waals surface area contributed by atoms with Crippen molar-refractivity contribution in [2.75, 3.05) is 12.4 Å². The van der Waals surface area contributed by atoms with Crippen molar-refractivity contribution < 1.29 is 14.6 Å². The van der Waals surface area contributed by atoms with Gasteiger partial charge in [-0.1, -0.05) is 42.7 Å². The van der Waals surface area contributed by atoms with Gasteiger partial charge >= 0.3 is 0 Å². The van der Waals surface area contributed by atoms with Crippen LogP contribution in [0.1, 0.15) is 54.3 Å². The predicted molar refractivity (Wildman–Crippen MR) is 108 cm³/mol. The van der Waals surface area contributed by atoms with E-state index in [9.17, 15) is 9.90 Å². The average molecular weight is 390 g/mol. The molecule has 0 radical (unpaired) electrons. The fourth-order valence-corrected chi connectivity index (χ4v) is 4.45. The second kappa shape index (κ2) is 9.08. The third-order valence-electron chi connectivity index (χ3n) is 5.15. The molecule has 3 N–H and O–H groups in total. The van der Waals surface area contributed by atoms with Gasteiger partial charge in [0.05, 0.1) is 24.1 Å². The Morgan fingerprint density at radius 2 is 2.07 bits per heavy atom. The molecule has 1 aromatic carbocycles. The largest absolute Gasteiger partial charge is 0.496 e. The molecular weight excluding hydrogens is 362 g/mol. The van der Waals surface area contributed by atoms with E-state index in [4.69, 9.17) is 4.74 Å². The highest BCUT2D eigenvalue weighted by Gasteiger charge is 2.22. The van der Waals surface area contributed by atoms with Crippen molar-refractivity contribution in [3.05, 3.63) is 34.7 Å². The van der Waals surface area contributed by atoms with E-state index in [2.05, 4.69) is 22.5 Å². The lowest BCUT2D eigenvalue weighted by Crippen LogP contribution is -2.27. The minimum atomic E-state index is -0.245. The Hall–Kier alpha value is -2.28. The number of nitrogens with zero attached hydrogens (tertiary/aromatic N) is 1. The number of methoxy groups -OCH3 is 1. The Bertz CT molecular complexity index is 772. The van der Waals surface area contributed by atoms with Crippen LogP contribution in [0.2, 0.25) is 0 Å². The van der Waals surface area contributed by atoms with Crippen molar-refractivity contribution in [3.8, 4) is 11.6 Å². The number of para-hydroxylation sites is 1. The Balaban J connectivity index is 1.58. The van der Waals surface area contributed by atoms with Crippen molar-refractivity contribution >= 4 is 22.4 Å². The fourth-order valence-electron chi connectivity index (χ4n) is 3.56. The summed E-state index contributed by atoms with van der Waals surface area (Å²) in [5.74, 6) is 0.898. The van der Waals surface area contributed by atoms with E-state index in [1.54, 1.807) is 18.2 Å². The molecule has 1 amide bonds. The highest BCUT2D eigenvalue weighted by molar-refractivity contribution is 7.15. The molecule has 146 valence electrons. The van der Waals surface area contributed by atoms with Gasteiger partial charge in [-0.25, -0.2) is 0 Å². The lowest BCUT2D eigenvalue weighted by molar-refractivity contribution is 0.0948. The van der Waals surface area contributed by atoms with E-state index < -0.39 is 0 Å². The van der Waals surface area contributed by atoms with Crippen molar-refractivity contribution in [3.63, 3.8) is 0 Å². The summed E-state index contributed by atoms with van der Waals surface area (Å²) in [5.41, 5.74) is 0.466. The Morgan fingerprint density at radius 1 is 1.33 bits per heavy atom. The van der Waals surface area contributed by atoms with Gasteiger partial charge in [-0.15, -0.1) is 0 Å². The van der Waals surface area contributed by atoms with Crippen LogP contribution in [0.5, 0.6) is 11.6 Å². The third kappa shape index (κ3) is 4.91. The monoisotopic (exact) mass is 389 g/mol. The molecule has 3 rings (SSSR count).